The highest BCUT2D eigenvalue weighted by Crippen LogP contribution is 2.32. The van der Waals surface area contributed by atoms with Gasteiger partial charge in [0.05, 0.1) is 11.1 Å². The second-order valence-corrected chi connectivity index (χ2v) is 7.17. The van der Waals surface area contributed by atoms with Gasteiger partial charge in [-0.1, -0.05) is 22.0 Å². The van der Waals surface area contributed by atoms with Gasteiger partial charge in [0.15, 0.2) is 5.82 Å². The number of alkyl halides is 3. The van der Waals surface area contributed by atoms with E-state index in [1.165, 1.54) is 12.1 Å². The molecule has 1 saturated heterocycles. The predicted octanol–water partition coefficient (Wildman–Crippen LogP) is 4.67. The Hall–Kier alpha value is -2.22. The van der Waals surface area contributed by atoms with E-state index in [4.69, 9.17) is 0 Å². The minimum absolute atomic E-state index is 0.606. The summed E-state index contributed by atoms with van der Waals surface area (Å²) in [5, 5.41) is 8.48. The Morgan fingerprint density at radius 1 is 0.962 bits per heavy atom. The normalized spacial score (nSPS) is 15.7. The number of hydrogen-bond acceptors (Lipinski definition) is 3. The van der Waals surface area contributed by atoms with Gasteiger partial charge in [0.25, 0.3) is 0 Å². The van der Waals surface area contributed by atoms with Gasteiger partial charge in [0.1, 0.15) is 0 Å². The van der Waals surface area contributed by atoms with Crippen LogP contribution in [0.5, 0.6) is 0 Å². The minimum atomic E-state index is -4.32. The maximum absolute atomic E-state index is 12.9. The molecule has 136 valence electrons. The lowest BCUT2D eigenvalue weighted by Gasteiger charge is -2.36. The summed E-state index contributed by atoms with van der Waals surface area (Å²) in [6, 6.07) is 11.5. The number of hydrogen-bond donors (Lipinski definition) is 1. The van der Waals surface area contributed by atoms with Crippen LogP contribution in [0.1, 0.15) is 5.56 Å². The van der Waals surface area contributed by atoms with E-state index in [-0.39, 0.29) is 0 Å². The van der Waals surface area contributed by atoms with Crippen LogP contribution in [0, 0.1) is 0 Å². The molecule has 0 bridgehead atoms. The van der Waals surface area contributed by atoms with E-state index in [9.17, 15) is 13.2 Å². The Balaban J connectivity index is 1.51. The van der Waals surface area contributed by atoms with Crippen LogP contribution in [0.4, 0.5) is 24.7 Å². The van der Waals surface area contributed by atoms with E-state index >= 15 is 0 Å². The number of fused-ring (bicyclic) bond motifs is 1. The van der Waals surface area contributed by atoms with Gasteiger partial charge in [0, 0.05) is 41.7 Å². The molecule has 8 heteroatoms. The summed E-state index contributed by atoms with van der Waals surface area (Å²) in [7, 11) is 0. The Morgan fingerprint density at radius 2 is 1.69 bits per heavy atom. The van der Waals surface area contributed by atoms with Crippen LogP contribution in [-0.2, 0) is 6.18 Å². The van der Waals surface area contributed by atoms with Crippen molar-refractivity contribution in [2.24, 2.45) is 0 Å². The molecular formula is C18H16BrF3N4. The van der Waals surface area contributed by atoms with E-state index in [1.807, 2.05) is 23.1 Å². The minimum Gasteiger partial charge on any atom is -0.368 e. The van der Waals surface area contributed by atoms with E-state index in [1.54, 1.807) is 6.07 Å². The summed E-state index contributed by atoms with van der Waals surface area (Å²) in [6.45, 7) is 2.68. The van der Waals surface area contributed by atoms with Crippen molar-refractivity contribution in [1.82, 2.24) is 10.2 Å². The molecule has 3 aromatic rings. The van der Waals surface area contributed by atoms with Gasteiger partial charge in [-0.2, -0.15) is 18.3 Å². The molecule has 1 aliphatic heterocycles. The van der Waals surface area contributed by atoms with Gasteiger partial charge in [-0.15, -0.1) is 0 Å². The van der Waals surface area contributed by atoms with Crippen LogP contribution in [0.25, 0.3) is 10.9 Å². The molecule has 0 spiro atoms. The largest absolute Gasteiger partial charge is 0.416 e. The first-order chi connectivity index (χ1) is 12.4. The predicted molar refractivity (Wildman–Crippen MR) is 99.7 cm³/mol. The number of benzene rings is 2. The molecule has 4 rings (SSSR count). The zero-order chi connectivity index (χ0) is 18.3. The molecule has 4 nitrogen and oxygen atoms in total. The second kappa shape index (κ2) is 6.50. The highest BCUT2D eigenvalue weighted by atomic mass is 79.9. The van der Waals surface area contributed by atoms with Crippen molar-refractivity contribution in [2.45, 2.75) is 6.18 Å². The fourth-order valence-electron chi connectivity index (χ4n) is 3.27. The first-order valence-electron chi connectivity index (χ1n) is 8.22. The van der Waals surface area contributed by atoms with Gasteiger partial charge in [-0.3, -0.25) is 5.10 Å². The monoisotopic (exact) mass is 424 g/mol. The van der Waals surface area contributed by atoms with Crippen LogP contribution >= 0.6 is 15.9 Å². The number of halogens is 4. The molecule has 0 aliphatic carbocycles. The van der Waals surface area contributed by atoms with Crippen molar-refractivity contribution in [3.05, 3.63) is 52.5 Å². The Morgan fingerprint density at radius 3 is 2.42 bits per heavy atom. The lowest BCUT2D eigenvalue weighted by Crippen LogP contribution is -2.46. The number of piperazine rings is 1. The maximum Gasteiger partial charge on any atom is 0.416 e. The summed E-state index contributed by atoms with van der Waals surface area (Å²) in [5.74, 6) is 0.880. The van der Waals surface area contributed by atoms with Crippen molar-refractivity contribution >= 4 is 38.3 Å². The lowest BCUT2D eigenvalue weighted by atomic mass is 10.1. The van der Waals surface area contributed by atoms with Gasteiger partial charge >= 0.3 is 6.18 Å². The van der Waals surface area contributed by atoms with Crippen LogP contribution in [-0.4, -0.2) is 36.4 Å². The van der Waals surface area contributed by atoms with Crippen molar-refractivity contribution < 1.29 is 13.2 Å². The molecule has 0 radical (unpaired) electrons. The maximum atomic E-state index is 12.9. The third-order valence-corrected chi connectivity index (χ3v) is 5.12. The second-order valence-electron chi connectivity index (χ2n) is 6.26. The molecule has 1 fully saturated rings. The third kappa shape index (κ3) is 3.25. The fourth-order valence-corrected chi connectivity index (χ4v) is 3.63. The molecule has 0 unspecified atom stereocenters. The molecule has 2 heterocycles. The lowest BCUT2D eigenvalue weighted by molar-refractivity contribution is -0.137. The average molecular weight is 425 g/mol. The van der Waals surface area contributed by atoms with Crippen molar-refractivity contribution in [1.29, 1.82) is 0 Å². The quantitative estimate of drug-likeness (QED) is 0.648. The molecule has 0 saturated carbocycles. The van der Waals surface area contributed by atoms with E-state index in [0.717, 1.165) is 27.3 Å². The van der Waals surface area contributed by atoms with Crippen LogP contribution in [0.2, 0.25) is 0 Å². The topological polar surface area (TPSA) is 35.2 Å². The van der Waals surface area contributed by atoms with E-state index < -0.39 is 11.7 Å². The number of aromatic nitrogens is 2. The Labute approximate surface area is 156 Å². The fraction of sp³-hybridized carbons (Fsp3) is 0.278. The molecular weight excluding hydrogens is 409 g/mol. The average Bonchev–Trinajstić information content (AvgIpc) is 3.04. The summed E-state index contributed by atoms with van der Waals surface area (Å²) >= 11 is 3.48. The SMILES string of the molecule is FC(F)(F)c1cccc(N2CCN(c3n[nH]c4ccc(Br)cc34)CC2)c1. The van der Waals surface area contributed by atoms with Crippen molar-refractivity contribution in [3.63, 3.8) is 0 Å². The molecule has 1 N–H and O–H groups in total. The van der Waals surface area contributed by atoms with E-state index in [2.05, 4.69) is 31.0 Å². The van der Waals surface area contributed by atoms with Gasteiger partial charge in [-0.25, -0.2) is 0 Å². The third-order valence-electron chi connectivity index (χ3n) is 4.62. The molecule has 0 atom stereocenters. The number of rotatable bonds is 2. The van der Waals surface area contributed by atoms with Gasteiger partial charge in [-0.05, 0) is 36.4 Å². The smallest absolute Gasteiger partial charge is 0.368 e. The van der Waals surface area contributed by atoms with Crippen LogP contribution < -0.4 is 9.80 Å². The summed E-state index contributed by atoms with van der Waals surface area (Å²) in [5.41, 5.74) is 0.957. The van der Waals surface area contributed by atoms with Gasteiger partial charge < -0.3 is 9.80 Å². The first-order valence-corrected chi connectivity index (χ1v) is 9.02. The highest BCUT2D eigenvalue weighted by Gasteiger charge is 2.31. The highest BCUT2D eigenvalue weighted by molar-refractivity contribution is 9.10. The number of aromatic amines is 1. The van der Waals surface area contributed by atoms with E-state index in [0.29, 0.717) is 31.9 Å². The van der Waals surface area contributed by atoms with Crippen molar-refractivity contribution in [3.8, 4) is 0 Å². The number of H-pyrrole nitrogens is 1. The van der Waals surface area contributed by atoms with Crippen molar-refractivity contribution in [2.75, 3.05) is 36.0 Å². The zero-order valence-electron chi connectivity index (χ0n) is 13.7. The number of nitrogens with one attached hydrogen (secondary N) is 1. The number of nitrogens with zero attached hydrogens (tertiary/aromatic N) is 3. The Bertz CT molecular complexity index is 930. The summed E-state index contributed by atoms with van der Waals surface area (Å²) in [6.07, 6.45) is -4.32. The summed E-state index contributed by atoms with van der Waals surface area (Å²) < 4.78 is 39.7. The molecule has 2 aromatic carbocycles. The molecule has 1 aromatic heterocycles. The van der Waals surface area contributed by atoms with Crippen LogP contribution in [0.15, 0.2) is 46.9 Å². The molecule has 0 amide bonds. The zero-order valence-corrected chi connectivity index (χ0v) is 15.3. The molecule has 1 aliphatic rings. The molecule has 26 heavy (non-hydrogen) atoms. The summed E-state index contributed by atoms with van der Waals surface area (Å²) in [4.78, 5) is 4.14. The first kappa shape index (κ1) is 17.2. The standard InChI is InChI=1S/C18H16BrF3N4/c19-13-4-5-16-15(11-13)17(24-23-16)26-8-6-25(7-9-26)14-3-1-2-12(10-14)18(20,21)22/h1-5,10-11H,6-9H2,(H,23,24). The Kier molecular flexibility index (Phi) is 4.30. The van der Waals surface area contributed by atoms with Gasteiger partial charge in [0.2, 0.25) is 0 Å². The number of anilines is 2. The van der Waals surface area contributed by atoms with Crippen LogP contribution in [0.3, 0.4) is 0 Å².